The summed E-state index contributed by atoms with van der Waals surface area (Å²) in [5.41, 5.74) is 1.84. The van der Waals surface area contributed by atoms with E-state index in [9.17, 15) is 9.18 Å². The van der Waals surface area contributed by atoms with Crippen molar-refractivity contribution < 1.29 is 14.3 Å². The van der Waals surface area contributed by atoms with Crippen molar-refractivity contribution >= 4 is 27.5 Å². The zero-order valence-corrected chi connectivity index (χ0v) is 10.1. The minimum absolute atomic E-state index is 0.353. The first-order valence-electron chi connectivity index (χ1n) is 4.99. The van der Waals surface area contributed by atoms with Crippen LogP contribution in [-0.4, -0.2) is 11.1 Å². The number of allylic oxidation sites excluding steroid dienone is 1. The molecule has 84 valence electrons. The van der Waals surface area contributed by atoms with Crippen LogP contribution in [0.5, 0.6) is 0 Å². The van der Waals surface area contributed by atoms with E-state index in [4.69, 9.17) is 5.11 Å². The number of aliphatic carboxylic acids is 1. The molecular weight excluding hydrogens is 275 g/mol. The van der Waals surface area contributed by atoms with Crippen molar-refractivity contribution in [3.8, 4) is 0 Å². The van der Waals surface area contributed by atoms with Crippen LogP contribution in [0.1, 0.15) is 24.8 Å². The van der Waals surface area contributed by atoms with E-state index in [2.05, 4.69) is 15.9 Å². The predicted molar refractivity (Wildman–Crippen MR) is 62.5 cm³/mol. The molecule has 0 spiro atoms. The number of rotatable bonds is 2. The van der Waals surface area contributed by atoms with Crippen molar-refractivity contribution in [1.29, 1.82) is 0 Å². The highest BCUT2D eigenvalue weighted by Gasteiger charge is 2.21. The summed E-state index contributed by atoms with van der Waals surface area (Å²) < 4.78 is 13.8. The average molecular weight is 285 g/mol. The molecule has 0 saturated heterocycles. The van der Waals surface area contributed by atoms with Crippen molar-refractivity contribution in [1.82, 2.24) is 0 Å². The Labute approximate surface area is 101 Å². The van der Waals surface area contributed by atoms with Gasteiger partial charge >= 0.3 is 5.97 Å². The lowest BCUT2D eigenvalue weighted by Crippen LogP contribution is -1.99. The van der Waals surface area contributed by atoms with Crippen molar-refractivity contribution in [3.63, 3.8) is 0 Å². The Morgan fingerprint density at radius 1 is 1.31 bits per heavy atom. The Morgan fingerprint density at radius 3 is 2.69 bits per heavy atom. The highest BCUT2D eigenvalue weighted by molar-refractivity contribution is 9.10. The molecule has 2 rings (SSSR count). The zero-order chi connectivity index (χ0) is 11.7. The molecule has 0 aliphatic heterocycles. The second-order valence-electron chi connectivity index (χ2n) is 3.77. The normalized spacial score (nSPS) is 15.6. The fourth-order valence-electron chi connectivity index (χ4n) is 2.03. The van der Waals surface area contributed by atoms with Crippen LogP contribution in [0.15, 0.2) is 28.2 Å². The molecule has 16 heavy (non-hydrogen) atoms. The molecule has 0 amide bonds. The quantitative estimate of drug-likeness (QED) is 0.901. The Bertz CT molecular complexity index is 460. The smallest absolute Gasteiger partial charge is 0.331 e. The van der Waals surface area contributed by atoms with Crippen molar-refractivity contribution in [3.05, 3.63) is 39.6 Å². The van der Waals surface area contributed by atoms with Gasteiger partial charge < -0.3 is 5.11 Å². The van der Waals surface area contributed by atoms with Crippen LogP contribution in [0.25, 0.3) is 5.57 Å². The van der Waals surface area contributed by atoms with Gasteiger partial charge in [0.2, 0.25) is 0 Å². The Hall–Kier alpha value is -1.16. The molecule has 0 radical (unpaired) electrons. The second-order valence-corrected chi connectivity index (χ2v) is 4.69. The van der Waals surface area contributed by atoms with E-state index in [1.54, 1.807) is 6.07 Å². The molecule has 0 unspecified atom stereocenters. The minimum atomic E-state index is -0.895. The maximum Gasteiger partial charge on any atom is 0.331 e. The molecule has 4 heteroatoms. The summed E-state index contributed by atoms with van der Waals surface area (Å²) in [5.74, 6) is -1.25. The topological polar surface area (TPSA) is 37.3 Å². The number of carbonyl (C=O) groups is 1. The van der Waals surface area contributed by atoms with E-state index in [1.807, 2.05) is 0 Å². The largest absolute Gasteiger partial charge is 0.478 e. The van der Waals surface area contributed by atoms with E-state index in [1.165, 1.54) is 12.1 Å². The zero-order valence-electron chi connectivity index (χ0n) is 8.46. The third-order valence-electron chi connectivity index (χ3n) is 2.69. The molecule has 0 bridgehead atoms. The first-order chi connectivity index (χ1) is 7.58. The molecule has 0 fully saturated rings. The fraction of sp³-hybridized carbons (Fsp3) is 0.250. The molecule has 1 aliphatic carbocycles. The minimum Gasteiger partial charge on any atom is -0.478 e. The third-order valence-corrected chi connectivity index (χ3v) is 3.14. The highest BCUT2D eigenvalue weighted by atomic mass is 79.9. The summed E-state index contributed by atoms with van der Waals surface area (Å²) in [6.07, 6.45) is 2.10. The van der Waals surface area contributed by atoms with E-state index in [-0.39, 0.29) is 5.82 Å². The van der Waals surface area contributed by atoms with Crippen LogP contribution in [0, 0.1) is 5.82 Å². The monoisotopic (exact) mass is 284 g/mol. The van der Waals surface area contributed by atoms with Crippen LogP contribution in [-0.2, 0) is 4.79 Å². The number of carboxylic acid groups (broad SMARTS) is 1. The lowest BCUT2D eigenvalue weighted by Gasteiger charge is -2.05. The Kier molecular flexibility index (Phi) is 3.10. The fourth-order valence-corrected chi connectivity index (χ4v) is 2.49. The second kappa shape index (κ2) is 4.37. The van der Waals surface area contributed by atoms with Gasteiger partial charge in [-0.05, 0) is 48.6 Å². The summed E-state index contributed by atoms with van der Waals surface area (Å²) in [7, 11) is 0. The average Bonchev–Trinajstić information content (AvgIpc) is 2.63. The molecule has 1 aromatic carbocycles. The Balaban J connectivity index is 2.51. The third kappa shape index (κ3) is 2.16. The van der Waals surface area contributed by atoms with Gasteiger partial charge in [0.05, 0.1) is 0 Å². The maximum absolute atomic E-state index is 13.2. The van der Waals surface area contributed by atoms with E-state index in [0.717, 1.165) is 12.0 Å². The van der Waals surface area contributed by atoms with Gasteiger partial charge in [-0.25, -0.2) is 9.18 Å². The Morgan fingerprint density at radius 2 is 2.06 bits per heavy atom. The summed E-state index contributed by atoms with van der Waals surface area (Å²) in [5, 5.41) is 9.02. The molecule has 1 aliphatic rings. The number of hydrogen-bond acceptors (Lipinski definition) is 1. The summed E-state index contributed by atoms with van der Waals surface area (Å²) in [6.45, 7) is 0. The molecule has 1 N–H and O–H groups in total. The van der Waals surface area contributed by atoms with Gasteiger partial charge in [0.25, 0.3) is 0 Å². The van der Waals surface area contributed by atoms with E-state index >= 15 is 0 Å². The van der Waals surface area contributed by atoms with Crippen LogP contribution < -0.4 is 0 Å². The number of benzene rings is 1. The molecule has 0 heterocycles. The highest BCUT2D eigenvalue weighted by Crippen LogP contribution is 2.35. The van der Waals surface area contributed by atoms with Gasteiger partial charge in [-0.2, -0.15) is 0 Å². The maximum atomic E-state index is 13.2. The van der Waals surface area contributed by atoms with Gasteiger partial charge in [0.15, 0.2) is 0 Å². The van der Waals surface area contributed by atoms with Gasteiger partial charge in [-0.3, -0.25) is 0 Å². The lowest BCUT2D eigenvalue weighted by molar-refractivity contribution is -0.132. The predicted octanol–water partition coefficient (Wildman–Crippen LogP) is 3.61. The van der Waals surface area contributed by atoms with Crippen LogP contribution in [0.3, 0.4) is 0 Å². The molecular formula is C12H10BrFO2. The van der Waals surface area contributed by atoms with Gasteiger partial charge in [-0.15, -0.1) is 0 Å². The molecule has 1 aromatic rings. The van der Waals surface area contributed by atoms with Gasteiger partial charge in [0.1, 0.15) is 5.82 Å². The molecule has 0 saturated carbocycles. The number of carboxylic acids is 1. The SMILES string of the molecule is O=C(O)C1=C(c2cc(F)cc(Br)c2)CCC1. The first-order valence-corrected chi connectivity index (χ1v) is 5.79. The molecule has 0 aromatic heterocycles. The summed E-state index contributed by atoms with van der Waals surface area (Å²) >= 11 is 3.21. The standard InChI is InChI=1S/C12H10BrFO2/c13-8-4-7(5-9(14)6-8)10-2-1-3-11(10)12(15)16/h4-6H,1-3H2,(H,15,16). The lowest BCUT2D eigenvalue weighted by atomic mass is 10.0. The van der Waals surface area contributed by atoms with Gasteiger partial charge in [-0.1, -0.05) is 15.9 Å². The van der Waals surface area contributed by atoms with Crippen LogP contribution >= 0.6 is 15.9 Å². The van der Waals surface area contributed by atoms with Crippen LogP contribution in [0.4, 0.5) is 4.39 Å². The van der Waals surface area contributed by atoms with Gasteiger partial charge in [0, 0.05) is 10.0 Å². The first kappa shape index (κ1) is 11.3. The van der Waals surface area contributed by atoms with Crippen molar-refractivity contribution in [2.45, 2.75) is 19.3 Å². The van der Waals surface area contributed by atoms with Crippen LogP contribution in [0.2, 0.25) is 0 Å². The summed E-state index contributed by atoms with van der Waals surface area (Å²) in [4.78, 5) is 11.0. The number of halogens is 2. The summed E-state index contributed by atoms with van der Waals surface area (Å²) in [6, 6.07) is 4.50. The van der Waals surface area contributed by atoms with E-state index in [0.29, 0.717) is 28.5 Å². The number of hydrogen-bond donors (Lipinski definition) is 1. The van der Waals surface area contributed by atoms with Crippen molar-refractivity contribution in [2.24, 2.45) is 0 Å². The van der Waals surface area contributed by atoms with E-state index < -0.39 is 5.97 Å². The molecule has 0 atom stereocenters. The molecule has 2 nitrogen and oxygen atoms in total. The van der Waals surface area contributed by atoms with Crippen molar-refractivity contribution in [2.75, 3.05) is 0 Å².